The lowest BCUT2D eigenvalue weighted by Gasteiger charge is -2.06. The number of anilines is 1. The minimum absolute atomic E-state index is 0.0458. The Morgan fingerprint density at radius 3 is 2.89 bits per heavy atom. The number of nitrogens with one attached hydrogen (secondary N) is 1. The molecule has 0 atom stereocenters. The van der Waals surface area contributed by atoms with E-state index in [0.29, 0.717) is 17.1 Å². The minimum Gasteiger partial charge on any atom is -0.475 e. The van der Waals surface area contributed by atoms with Gasteiger partial charge in [0.05, 0.1) is 11.3 Å². The van der Waals surface area contributed by atoms with Gasteiger partial charge in [-0.15, -0.1) is 0 Å². The van der Waals surface area contributed by atoms with E-state index in [4.69, 9.17) is 21.1 Å². The van der Waals surface area contributed by atoms with Crippen LogP contribution in [0.3, 0.4) is 0 Å². The van der Waals surface area contributed by atoms with Crippen molar-refractivity contribution in [3.63, 3.8) is 0 Å². The maximum absolute atomic E-state index is 10.8. The SMILES string of the molecule is O=C(O)c1occc1CNc1ccc(Cl)c(Br)c1. The van der Waals surface area contributed by atoms with Crippen LogP contribution in [0.5, 0.6) is 0 Å². The zero-order chi connectivity index (χ0) is 13.1. The zero-order valence-electron chi connectivity index (χ0n) is 9.11. The molecule has 2 N–H and O–H groups in total. The summed E-state index contributed by atoms with van der Waals surface area (Å²) in [6.45, 7) is 0.367. The molecule has 0 aliphatic rings. The van der Waals surface area contributed by atoms with Crippen molar-refractivity contribution in [3.8, 4) is 0 Å². The van der Waals surface area contributed by atoms with E-state index in [1.807, 2.05) is 12.1 Å². The third-order valence-electron chi connectivity index (χ3n) is 2.34. The molecule has 1 heterocycles. The van der Waals surface area contributed by atoms with Gasteiger partial charge in [-0.25, -0.2) is 4.79 Å². The molecule has 0 aliphatic carbocycles. The van der Waals surface area contributed by atoms with Gasteiger partial charge in [-0.1, -0.05) is 11.6 Å². The molecule has 94 valence electrons. The highest BCUT2D eigenvalue weighted by Gasteiger charge is 2.13. The molecule has 0 aliphatic heterocycles. The van der Waals surface area contributed by atoms with Crippen LogP contribution in [0.15, 0.2) is 39.4 Å². The summed E-state index contributed by atoms with van der Waals surface area (Å²) in [6.07, 6.45) is 1.36. The lowest BCUT2D eigenvalue weighted by atomic mass is 10.2. The summed E-state index contributed by atoms with van der Waals surface area (Å²) in [5, 5.41) is 12.6. The maximum atomic E-state index is 10.8. The molecule has 1 aromatic heterocycles. The van der Waals surface area contributed by atoms with Gasteiger partial charge < -0.3 is 14.8 Å². The smallest absolute Gasteiger partial charge is 0.372 e. The highest BCUT2D eigenvalue weighted by molar-refractivity contribution is 9.10. The second-order valence-electron chi connectivity index (χ2n) is 3.56. The van der Waals surface area contributed by atoms with E-state index in [9.17, 15) is 4.79 Å². The number of halogens is 2. The first-order chi connectivity index (χ1) is 8.58. The molecular weight excluding hydrogens is 321 g/mol. The normalized spacial score (nSPS) is 10.3. The Hall–Kier alpha value is -1.46. The highest BCUT2D eigenvalue weighted by atomic mass is 79.9. The predicted molar refractivity (Wildman–Crippen MR) is 72.1 cm³/mol. The van der Waals surface area contributed by atoms with Crippen LogP contribution in [0.2, 0.25) is 5.02 Å². The van der Waals surface area contributed by atoms with Gasteiger partial charge in [0.1, 0.15) is 0 Å². The summed E-state index contributed by atoms with van der Waals surface area (Å²) in [7, 11) is 0. The van der Waals surface area contributed by atoms with Crippen molar-refractivity contribution in [3.05, 3.63) is 51.3 Å². The molecule has 0 saturated heterocycles. The molecule has 0 radical (unpaired) electrons. The van der Waals surface area contributed by atoms with Gasteiger partial charge in [-0.05, 0) is 40.2 Å². The summed E-state index contributed by atoms with van der Waals surface area (Å²) in [4.78, 5) is 10.8. The second-order valence-corrected chi connectivity index (χ2v) is 4.82. The van der Waals surface area contributed by atoms with E-state index in [2.05, 4.69) is 21.2 Å². The largest absolute Gasteiger partial charge is 0.475 e. The first-order valence-electron chi connectivity index (χ1n) is 5.06. The third-order valence-corrected chi connectivity index (χ3v) is 3.56. The van der Waals surface area contributed by atoms with Crippen LogP contribution in [0.25, 0.3) is 0 Å². The highest BCUT2D eigenvalue weighted by Crippen LogP contribution is 2.26. The number of carboxylic acids is 1. The number of hydrogen-bond acceptors (Lipinski definition) is 3. The fourth-order valence-corrected chi connectivity index (χ4v) is 1.96. The Labute approximate surface area is 117 Å². The molecule has 18 heavy (non-hydrogen) atoms. The Bertz CT molecular complexity index is 582. The fraction of sp³-hybridized carbons (Fsp3) is 0.0833. The van der Waals surface area contributed by atoms with Gasteiger partial charge in [0.15, 0.2) is 0 Å². The topological polar surface area (TPSA) is 62.5 Å². The van der Waals surface area contributed by atoms with Gasteiger partial charge in [-0.3, -0.25) is 0 Å². The Balaban J connectivity index is 2.09. The maximum Gasteiger partial charge on any atom is 0.372 e. The third kappa shape index (κ3) is 2.86. The van der Waals surface area contributed by atoms with E-state index in [-0.39, 0.29) is 5.76 Å². The zero-order valence-corrected chi connectivity index (χ0v) is 11.5. The number of carbonyl (C=O) groups is 1. The molecular formula is C12H9BrClNO3. The molecule has 6 heteroatoms. The average Bonchev–Trinajstić information content (AvgIpc) is 2.79. The van der Waals surface area contributed by atoms with Crippen molar-refractivity contribution in [2.75, 3.05) is 5.32 Å². The Kier molecular flexibility index (Phi) is 3.93. The second kappa shape index (κ2) is 5.46. The number of benzene rings is 1. The lowest BCUT2D eigenvalue weighted by Crippen LogP contribution is -2.04. The predicted octanol–water partition coefficient (Wildman–Crippen LogP) is 4.01. The summed E-state index contributed by atoms with van der Waals surface area (Å²) >= 11 is 9.20. The van der Waals surface area contributed by atoms with E-state index in [0.717, 1.165) is 10.2 Å². The van der Waals surface area contributed by atoms with Gasteiger partial charge >= 0.3 is 5.97 Å². The number of aromatic carboxylic acids is 1. The van der Waals surface area contributed by atoms with Crippen LogP contribution in [0.1, 0.15) is 16.1 Å². The Morgan fingerprint density at radius 1 is 1.44 bits per heavy atom. The molecule has 2 rings (SSSR count). The van der Waals surface area contributed by atoms with E-state index >= 15 is 0 Å². The summed E-state index contributed by atoms with van der Waals surface area (Å²) in [5.74, 6) is -1.12. The van der Waals surface area contributed by atoms with Crippen LogP contribution in [0.4, 0.5) is 5.69 Å². The van der Waals surface area contributed by atoms with Gasteiger partial charge in [0, 0.05) is 22.3 Å². The quantitative estimate of drug-likeness (QED) is 0.889. The van der Waals surface area contributed by atoms with Crippen molar-refractivity contribution in [2.45, 2.75) is 6.54 Å². The first kappa shape index (κ1) is 13.0. The van der Waals surface area contributed by atoms with Crippen LogP contribution >= 0.6 is 27.5 Å². The number of furan rings is 1. The average molecular weight is 331 g/mol. The standard InChI is InChI=1S/C12H9BrClNO3/c13-9-5-8(1-2-10(9)14)15-6-7-3-4-18-11(7)12(16)17/h1-5,15H,6H2,(H,16,17). The number of carboxylic acid groups (broad SMARTS) is 1. The Morgan fingerprint density at radius 2 is 2.22 bits per heavy atom. The first-order valence-corrected chi connectivity index (χ1v) is 6.23. The van der Waals surface area contributed by atoms with Crippen LogP contribution in [-0.4, -0.2) is 11.1 Å². The molecule has 0 fully saturated rings. The van der Waals surface area contributed by atoms with E-state index in [1.54, 1.807) is 12.1 Å². The summed E-state index contributed by atoms with van der Waals surface area (Å²) < 4.78 is 5.67. The van der Waals surface area contributed by atoms with Crippen LogP contribution in [0, 0.1) is 0 Å². The van der Waals surface area contributed by atoms with Crippen molar-refractivity contribution in [2.24, 2.45) is 0 Å². The van der Waals surface area contributed by atoms with Crippen LogP contribution in [-0.2, 0) is 6.54 Å². The molecule has 4 nitrogen and oxygen atoms in total. The van der Waals surface area contributed by atoms with Crippen molar-refractivity contribution in [1.29, 1.82) is 0 Å². The van der Waals surface area contributed by atoms with Crippen molar-refractivity contribution >= 4 is 39.2 Å². The molecule has 0 amide bonds. The lowest BCUT2D eigenvalue weighted by molar-refractivity contribution is 0.0661. The van der Waals surface area contributed by atoms with E-state index in [1.165, 1.54) is 6.26 Å². The number of hydrogen-bond donors (Lipinski definition) is 2. The van der Waals surface area contributed by atoms with E-state index < -0.39 is 5.97 Å². The molecule has 0 unspecified atom stereocenters. The van der Waals surface area contributed by atoms with Gasteiger partial charge in [-0.2, -0.15) is 0 Å². The van der Waals surface area contributed by atoms with Crippen molar-refractivity contribution in [1.82, 2.24) is 0 Å². The number of rotatable bonds is 4. The summed E-state index contributed by atoms with van der Waals surface area (Å²) in [5.41, 5.74) is 1.43. The van der Waals surface area contributed by atoms with Gasteiger partial charge in [0.2, 0.25) is 5.76 Å². The molecule has 2 aromatic rings. The molecule has 0 bridgehead atoms. The molecule has 0 spiro atoms. The van der Waals surface area contributed by atoms with Gasteiger partial charge in [0.25, 0.3) is 0 Å². The van der Waals surface area contributed by atoms with Crippen LogP contribution < -0.4 is 5.32 Å². The minimum atomic E-state index is -1.07. The molecule has 1 aromatic carbocycles. The summed E-state index contributed by atoms with van der Waals surface area (Å²) in [6, 6.07) is 7.01. The fourth-order valence-electron chi connectivity index (χ4n) is 1.47. The molecule has 0 saturated carbocycles. The van der Waals surface area contributed by atoms with Crippen molar-refractivity contribution < 1.29 is 14.3 Å². The monoisotopic (exact) mass is 329 g/mol.